The molecule has 0 saturated carbocycles. The summed E-state index contributed by atoms with van der Waals surface area (Å²) in [6.45, 7) is 1.86. The van der Waals surface area contributed by atoms with Gasteiger partial charge in [-0.3, -0.25) is 0 Å². The van der Waals surface area contributed by atoms with Crippen molar-refractivity contribution in [2.24, 2.45) is 0 Å². The van der Waals surface area contributed by atoms with Gasteiger partial charge in [0.2, 0.25) is 5.88 Å². The third-order valence-corrected chi connectivity index (χ3v) is 2.37. The lowest BCUT2D eigenvalue weighted by Crippen LogP contribution is -1.97. The first kappa shape index (κ1) is 12.2. The van der Waals surface area contributed by atoms with Gasteiger partial charge in [0.1, 0.15) is 5.75 Å². The fourth-order valence-electron chi connectivity index (χ4n) is 1.46. The highest BCUT2D eigenvalue weighted by Gasteiger charge is 2.04. The van der Waals surface area contributed by atoms with E-state index in [1.807, 2.05) is 38.2 Å². The quantitative estimate of drug-likeness (QED) is 0.897. The van der Waals surface area contributed by atoms with Crippen molar-refractivity contribution in [2.75, 3.05) is 19.5 Å². The molecule has 94 valence electrons. The fraction of sp³-hybridized carbons (Fsp3) is 0.231. The molecular formula is C13H15N3O2. The van der Waals surface area contributed by atoms with Crippen LogP contribution in [-0.2, 0) is 0 Å². The van der Waals surface area contributed by atoms with Gasteiger partial charge in [0.25, 0.3) is 0 Å². The Balaban J connectivity index is 2.19. The molecular weight excluding hydrogens is 230 g/mol. The van der Waals surface area contributed by atoms with Crippen molar-refractivity contribution in [1.82, 2.24) is 9.97 Å². The zero-order valence-electron chi connectivity index (χ0n) is 10.6. The highest BCUT2D eigenvalue weighted by Crippen LogP contribution is 2.22. The molecule has 0 unspecified atom stereocenters. The van der Waals surface area contributed by atoms with Crippen LogP contribution >= 0.6 is 0 Å². The molecule has 0 spiro atoms. The third-order valence-electron chi connectivity index (χ3n) is 2.37. The maximum absolute atomic E-state index is 5.57. The van der Waals surface area contributed by atoms with Crippen LogP contribution in [0.25, 0.3) is 0 Å². The van der Waals surface area contributed by atoms with Crippen LogP contribution in [0.5, 0.6) is 17.6 Å². The Bertz CT molecular complexity index is 526. The molecule has 0 amide bonds. The Morgan fingerprint density at radius 2 is 1.83 bits per heavy atom. The zero-order chi connectivity index (χ0) is 13.0. The lowest BCUT2D eigenvalue weighted by molar-refractivity contribution is 0.375. The molecule has 1 aromatic heterocycles. The van der Waals surface area contributed by atoms with E-state index < -0.39 is 0 Å². The number of benzene rings is 1. The van der Waals surface area contributed by atoms with Crippen LogP contribution in [0.3, 0.4) is 0 Å². The van der Waals surface area contributed by atoms with Crippen molar-refractivity contribution in [1.29, 1.82) is 0 Å². The van der Waals surface area contributed by atoms with E-state index in [9.17, 15) is 0 Å². The van der Waals surface area contributed by atoms with E-state index in [4.69, 9.17) is 9.47 Å². The van der Waals surface area contributed by atoms with Crippen LogP contribution in [0.1, 0.15) is 5.69 Å². The summed E-state index contributed by atoms with van der Waals surface area (Å²) >= 11 is 0. The zero-order valence-corrected chi connectivity index (χ0v) is 10.6. The number of nitrogens with zero attached hydrogens (tertiary/aromatic N) is 2. The molecule has 1 aromatic carbocycles. The molecule has 0 fully saturated rings. The first-order valence-electron chi connectivity index (χ1n) is 5.56. The average molecular weight is 245 g/mol. The highest BCUT2D eigenvalue weighted by atomic mass is 16.5. The molecule has 0 saturated heterocycles. The number of anilines is 1. The average Bonchev–Trinajstić information content (AvgIpc) is 2.39. The monoisotopic (exact) mass is 245 g/mol. The number of rotatable bonds is 4. The van der Waals surface area contributed by atoms with E-state index in [1.165, 1.54) is 0 Å². The second-order valence-corrected chi connectivity index (χ2v) is 3.71. The van der Waals surface area contributed by atoms with Gasteiger partial charge in [-0.15, -0.1) is 0 Å². The highest BCUT2D eigenvalue weighted by molar-refractivity contribution is 5.46. The Morgan fingerprint density at radius 3 is 2.44 bits per heavy atom. The Morgan fingerprint density at radius 1 is 1.11 bits per heavy atom. The van der Waals surface area contributed by atoms with Crippen molar-refractivity contribution in [2.45, 2.75) is 6.92 Å². The maximum Gasteiger partial charge on any atom is 0.325 e. The van der Waals surface area contributed by atoms with Gasteiger partial charge in [-0.25, -0.2) is 0 Å². The molecule has 5 heteroatoms. The van der Waals surface area contributed by atoms with Crippen LogP contribution in [0.4, 0.5) is 5.69 Å². The van der Waals surface area contributed by atoms with E-state index in [-0.39, 0.29) is 6.01 Å². The molecule has 2 rings (SSSR count). The molecule has 1 heterocycles. The van der Waals surface area contributed by atoms with Crippen molar-refractivity contribution in [3.63, 3.8) is 0 Å². The summed E-state index contributed by atoms with van der Waals surface area (Å²) in [5, 5.41) is 3.04. The number of aryl methyl sites for hydroxylation is 1. The number of aromatic nitrogens is 2. The van der Waals surface area contributed by atoms with Gasteiger partial charge in [0, 0.05) is 24.5 Å². The lowest BCUT2D eigenvalue weighted by Gasteiger charge is -2.07. The second kappa shape index (κ2) is 5.35. The van der Waals surface area contributed by atoms with Crippen LogP contribution in [0.15, 0.2) is 30.3 Å². The largest absolute Gasteiger partial charge is 0.481 e. The Kier molecular flexibility index (Phi) is 3.62. The summed E-state index contributed by atoms with van der Waals surface area (Å²) in [7, 11) is 3.43. The van der Waals surface area contributed by atoms with Crippen LogP contribution in [0, 0.1) is 6.92 Å². The van der Waals surface area contributed by atoms with Gasteiger partial charge in [-0.2, -0.15) is 9.97 Å². The molecule has 1 N–H and O–H groups in total. The van der Waals surface area contributed by atoms with Crippen molar-refractivity contribution < 1.29 is 9.47 Å². The topological polar surface area (TPSA) is 56.3 Å². The summed E-state index contributed by atoms with van der Waals surface area (Å²) in [4.78, 5) is 8.31. The van der Waals surface area contributed by atoms with Gasteiger partial charge < -0.3 is 14.8 Å². The van der Waals surface area contributed by atoms with E-state index >= 15 is 0 Å². The number of ether oxygens (including phenoxy) is 2. The van der Waals surface area contributed by atoms with Crippen LogP contribution in [0.2, 0.25) is 0 Å². The molecule has 0 radical (unpaired) electrons. The van der Waals surface area contributed by atoms with E-state index in [0.717, 1.165) is 11.4 Å². The van der Waals surface area contributed by atoms with Crippen molar-refractivity contribution in [3.8, 4) is 17.6 Å². The normalized spacial score (nSPS) is 9.94. The summed E-state index contributed by atoms with van der Waals surface area (Å²) in [5.41, 5.74) is 1.81. The van der Waals surface area contributed by atoms with Crippen LogP contribution < -0.4 is 14.8 Å². The summed E-state index contributed by atoms with van der Waals surface area (Å²) < 4.78 is 10.6. The number of hydrogen-bond donors (Lipinski definition) is 1. The van der Waals surface area contributed by atoms with Gasteiger partial charge in [0.05, 0.1) is 7.11 Å². The molecule has 18 heavy (non-hydrogen) atoms. The SMILES string of the molecule is CNc1ccc(Oc2nc(C)cc(OC)n2)cc1. The fourth-order valence-corrected chi connectivity index (χ4v) is 1.46. The van der Waals surface area contributed by atoms with E-state index in [0.29, 0.717) is 11.6 Å². The predicted octanol–water partition coefficient (Wildman–Crippen LogP) is 2.63. The van der Waals surface area contributed by atoms with E-state index in [1.54, 1.807) is 13.2 Å². The number of hydrogen-bond acceptors (Lipinski definition) is 5. The minimum absolute atomic E-state index is 0.282. The van der Waals surface area contributed by atoms with Gasteiger partial charge >= 0.3 is 6.01 Å². The number of nitrogens with one attached hydrogen (secondary N) is 1. The summed E-state index contributed by atoms with van der Waals surface area (Å²) in [6.07, 6.45) is 0. The van der Waals surface area contributed by atoms with Crippen molar-refractivity contribution >= 4 is 5.69 Å². The standard InChI is InChI=1S/C13H15N3O2/c1-9-8-12(17-3)16-13(15-9)18-11-6-4-10(14-2)5-7-11/h4-8,14H,1-3H3. The van der Waals surface area contributed by atoms with Gasteiger partial charge in [-0.1, -0.05) is 0 Å². The molecule has 0 atom stereocenters. The van der Waals surface area contributed by atoms with E-state index in [2.05, 4.69) is 15.3 Å². The molecule has 0 bridgehead atoms. The molecule has 0 aliphatic heterocycles. The van der Waals surface area contributed by atoms with Crippen LogP contribution in [-0.4, -0.2) is 24.1 Å². The summed E-state index contributed by atoms with van der Waals surface area (Å²) in [6, 6.07) is 9.57. The predicted molar refractivity (Wildman–Crippen MR) is 69.4 cm³/mol. The Hall–Kier alpha value is -2.30. The first-order valence-corrected chi connectivity index (χ1v) is 5.56. The lowest BCUT2D eigenvalue weighted by atomic mass is 10.3. The third kappa shape index (κ3) is 2.88. The first-order chi connectivity index (χ1) is 8.71. The second-order valence-electron chi connectivity index (χ2n) is 3.71. The Labute approximate surface area is 106 Å². The maximum atomic E-state index is 5.57. The number of methoxy groups -OCH3 is 1. The van der Waals surface area contributed by atoms with Crippen molar-refractivity contribution in [3.05, 3.63) is 36.0 Å². The minimum atomic E-state index is 0.282. The van der Waals surface area contributed by atoms with Gasteiger partial charge in [0.15, 0.2) is 0 Å². The summed E-state index contributed by atoms with van der Waals surface area (Å²) in [5.74, 6) is 1.17. The minimum Gasteiger partial charge on any atom is -0.481 e. The molecule has 0 aliphatic carbocycles. The van der Waals surface area contributed by atoms with Gasteiger partial charge in [-0.05, 0) is 31.2 Å². The molecule has 0 aliphatic rings. The smallest absolute Gasteiger partial charge is 0.325 e. The molecule has 2 aromatic rings. The molecule has 5 nitrogen and oxygen atoms in total.